The van der Waals surface area contributed by atoms with E-state index in [1.807, 2.05) is 99.6 Å². The fourth-order valence-electron chi connectivity index (χ4n) is 4.85. The number of fused-ring (bicyclic) bond motifs is 1. The Kier molecular flexibility index (Phi) is 10.0. The molecule has 232 valence electrons. The summed E-state index contributed by atoms with van der Waals surface area (Å²) in [6, 6.07) is 26.8. The van der Waals surface area contributed by atoms with Crippen molar-refractivity contribution in [1.29, 1.82) is 0 Å². The topological polar surface area (TPSA) is 116 Å². The SMILES string of the molecule is CC(C)(C)OC(=O)N(Cc1ccccc1)Cc1ccc(C(=O)N(CCCNc2ncccn2)Cc2nc3ccccc3[nH]2)cc1. The van der Waals surface area contributed by atoms with Gasteiger partial charge in [-0.2, -0.15) is 0 Å². The molecule has 2 amide bonds. The number of ether oxygens (including phenoxy) is 1. The number of rotatable bonds is 12. The lowest BCUT2D eigenvalue weighted by Gasteiger charge is -2.28. The Morgan fingerprint density at radius 1 is 0.800 bits per heavy atom. The molecule has 0 fully saturated rings. The third-order valence-corrected chi connectivity index (χ3v) is 6.96. The lowest BCUT2D eigenvalue weighted by Crippen LogP contribution is -2.36. The molecule has 0 radical (unpaired) electrons. The predicted octanol–water partition coefficient (Wildman–Crippen LogP) is 6.43. The van der Waals surface area contributed by atoms with Gasteiger partial charge in [0, 0.05) is 44.1 Å². The molecule has 10 heteroatoms. The van der Waals surface area contributed by atoms with Crippen LogP contribution < -0.4 is 5.32 Å². The number of amides is 2. The van der Waals surface area contributed by atoms with Crippen LogP contribution in [-0.2, 0) is 24.4 Å². The summed E-state index contributed by atoms with van der Waals surface area (Å²) in [5.74, 6) is 1.16. The quantitative estimate of drug-likeness (QED) is 0.157. The van der Waals surface area contributed by atoms with Gasteiger partial charge in [-0.3, -0.25) is 9.69 Å². The molecule has 0 unspecified atom stereocenters. The van der Waals surface area contributed by atoms with E-state index < -0.39 is 11.7 Å². The van der Waals surface area contributed by atoms with Gasteiger partial charge in [0.1, 0.15) is 11.4 Å². The minimum atomic E-state index is -0.616. The highest BCUT2D eigenvalue weighted by Gasteiger charge is 2.23. The summed E-state index contributed by atoms with van der Waals surface area (Å²) in [5.41, 5.74) is 3.62. The molecule has 0 spiro atoms. The van der Waals surface area contributed by atoms with Crippen LogP contribution in [0.15, 0.2) is 97.3 Å². The first-order valence-electron chi connectivity index (χ1n) is 15.1. The molecule has 0 atom stereocenters. The van der Waals surface area contributed by atoms with Crippen molar-refractivity contribution < 1.29 is 14.3 Å². The van der Waals surface area contributed by atoms with Crippen molar-refractivity contribution in [2.45, 2.75) is 52.4 Å². The third-order valence-electron chi connectivity index (χ3n) is 6.96. The highest BCUT2D eigenvalue weighted by molar-refractivity contribution is 5.94. The number of nitrogens with zero attached hydrogens (tertiary/aromatic N) is 5. The fourth-order valence-corrected chi connectivity index (χ4v) is 4.85. The Morgan fingerprint density at radius 3 is 2.16 bits per heavy atom. The second-order valence-electron chi connectivity index (χ2n) is 11.8. The Labute approximate surface area is 263 Å². The number of benzene rings is 3. The number of nitrogens with one attached hydrogen (secondary N) is 2. The largest absolute Gasteiger partial charge is 0.444 e. The van der Waals surface area contributed by atoms with Crippen molar-refractivity contribution in [1.82, 2.24) is 29.7 Å². The molecule has 2 N–H and O–H groups in total. The molecule has 2 heterocycles. The first-order valence-corrected chi connectivity index (χ1v) is 15.1. The van der Waals surface area contributed by atoms with E-state index >= 15 is 0 Å². The molecule has 10 nitrogen and oxygen atoms in total. The average molecular weight is 606 g/mol. The maximum atomic E-state index is 13.8. The van der Waals surface area contributed by atoms with Crippen molar-refractivity contribution in [2.24, 2.45) is 0 Å². The van der Waals surface area contributed by atoms with Crippen molar-refractivity contribution >= 4 is 29.0 Å². The van der Waals surface area contributed by atoms with Gasteiger partial charge in [-0.25, -0.2) is 19.7 Å². The number of aromatic amines is 1. The van der Waals surface area contributed by atoms with E-state index in [-0.39, 0.29) is 5.91 Å². The Hall–Kier alpha value is -5.25. The minimum Gasteiger partial charge on any atom is -0.444 e. The van der Waals surface area contributed by atoms with Crippen molar-refractivity contribution in [2.75, 3.05) is 18.4 Å². The van der Waals surface area contributed by atoms with E-state index in [0.717, 1.165) is 28.0 Å². The monoisotopic (exact) mass is 605 g/mol. The van der Waals surface area contributed by atoms with Gasteiger partial charge in [-0.15, -0.1) is 0 Å². The number of carbonyl (C=O) groups excluding carboxylic acids is 2. The summed E-state index contributed by atoms with van der Waals surface area (Å²) >= 11 is 0. The zero-order chi connectivity index (χ0) is 31.6. The van der Waals surface area contributed by atoms with Crippen LogP contribution in [0.2, 0.25) is 0 Å². The van der Waals surface area contributed by atoms with Crippen LogP contribution >= 0.6 is 0 Å². The average Bonchev–Trinajstić information content (AvgIpc) is 3.45. The molecule has 0 saturated carbocycles. The lowest BCUT2D eigenvalue weighted by molar-refractivity contribution is 0.0216. The van der Waals surface area contributed by atoms with Crippen LogP contribution in [0.25, 0.3) is 11.0 Å². The van der Waals surface area contributed by atoms with E-state index in [9.17, 15) is 9.59 Å². The number of para-hydroxylation sites is 2. The van der Waals surface area contributed by atoms with Crippen LogP contribution in [0.1, 0.15) is 54.5 Å². The van der Waals surface area contributed by atoms with E-state index in [0.29, 0.717) is 50.7 Å². The molecule has 0 saturated heterocycles. The highest BCUT2D eigenvalue weighted by atomic mass is 16.6. The number of H-pyrrole nitrogens is 1. The second-order valence-corrected chi connectivity index (χ2v) is 11.8. The summed E-state index contributed by atoms with van der Waals surface area (Å²) in [6.45, 7) is 7.76. The molecule has 5 rings (SSSR count). The summed E-state index contributed by atoms with van der Waals surface area (Å²) in [5, 5.41) is 3.20. The normalized spacial score (nSPS) is 11.3. The highest BCUT2D eigenvalue weighted by Crippen LogP contribution is 2.18. The molecular formula is C35H39N7O3. The number of carbonyl (C=O) groups is 2. The maximum Gasteiger partial charge on any atom is 0.410 e. The number of anilines is 1. The van der Waals surface area contributed by atoms with Crippen molar-refractivity contribution in [3.8, 4) is 0 Å². The standard InChI is InChI=1S/C35H39N7O3/c1-35(2,3)45-34(44)42(23-26-11-5-4-6-12-26)24-27-15-17-28(18-16-27)32(43)41(22-10-21-38-33-36-19-9-20-37-33)25-31-39-29-13-7-8-14-30(29)40-31/h4-9,11-20H,10,21-25H2,1-3H3,(H,39,40)(H,36,37,38). The molecular weight excluding hydrogens is 566 g/mol. The maximum absolute atomic E-state index is 13.8. The Morgan fingerprint density at radius 2 is 1.47 bits per heavy atom. The van der Waals surface area contributed by atoms with Gasteiger partial charge in [0.2, 0.25) is 5.95 Å². The fraction of sp³-hybridized carbons (Fsp3) is 0.286. The summed E-state index contributed by atoms with van der Waals surface area (Å²) in [4.78, 5) is 46.8. The van der Waals surface area contributed by atoms with E-state index in [1.165, 1.54) is 0 Å². The van der Waals surface area contributed by atoms with Gasteiger partial charge in [-0.05, 0) is 68.7 Å². The first kappa shape index (κ1) is 31.2. The lowest BCUT2D eigenvalue weighted by atomic mass is 10.1. The molecule has 0 aliphatic heterocycles. The number of aromatic nitrogens is 4. The summed E-state index contributed by atoms with van der Waals surface area (Å²) < 4.78 is 5.70. The molecule has 0 aliphatic carbocycles. The molecule has 0 aliphatic rings. The van der Waals surface area contributed by atoms with Crippen LogP contribution in [0, 0.1) is 0 Å². The van der Waals surface area contributed by atoms with E-state index in [2.05, 4.69) is 20.3 Å². The zero-order valence-electron chi connectivity index (χ0n) is 25.9. The van der Waals surface area contributed by atoms with Crippen molar-refractivity contribution in [3.05, 3.63) is 120 Å². The van der Waals surface area contributed by atoms with Crippen LogP contribution in [0.3, 0.4) is 0 Å². The third kappa shape index (κ3) is 9.12. The molecule has 5 aromatic rings. The molecule has 45 heavy (non-hydrogen) atoms. The Bertz CT molecular complexity index is 1650. The molecule has 2 aromatic heterocycles. The first-order chi connectivity index (χ1) is 21.7. The van der Waals surface area contributed by atoms with Gasteiger partial charge in [0.25, 0.3) is 5.91 Å². The molecule has 0 bridgehead atoms. The smallest absolute Gasteiger partial charge is 0.410 e. The van der Waals surface area contributed by atoms with Crippen LogP contribution in [0.5, 0.6) is 0 Å². The number of imidazole rings is 1. The van der Waals surface area contributed by atoms with Gasteiger partial charge in [0.05, 0.1) is 17.6 Å². The second kappa shape index (κ2) is 14.5. The Balaban J connectivity index is 1.29. The molecule has 3 aromatic carbocycles. The zero-order valence-corrected chi connectivity index (χ0v) is 25.9. The van der Waals surface area contributed by atoms with E-state index in [4.69, 9.17) is 9.72 Å². The van der Waals surface area contributed by atoms with Crippen LogP contribution in [-0.4, -0.2) is 60.4 Å². The van der Waals surface area contributed by atoms with Gasteiger partial charge in [0.15, 0.2) is 0 Å². The summed E-state index contributed by atoms with van der Waals surface area (Å²) in [6.07, 6.45) is 3.67. The van der Waals surface area contributed by atoms with Gasteiger partial charge >= 0.3 is 6.09 Å². The summed E-state index contributed by atoms with van der Waals surface area (Å²) in [7, 11) is 0. The van der Waals surface area contributed by atoms with Crippen molar-refractivity contribution in [3.63, 3.8) is 0 Å². The minimum absolute atomic E-state index is 0.105. The van der Waals surface area contributed by atoms with E-state index in [1.54, 1.807) is 28.3 Å². The number of hydrogen-bond donors (Lipinski definition) is 2. The number of hydrogen-bond acceptors (Lipinski definition) is 7. The van der Waals surface area contributed by atoms with Crippen LogP contribution in [0.4, 0.5) is 10.7 Å². The van der Waals surface area contributed by atoms with Gasteiger partial charge < -0.3 is 19.9 Å². The predicted molar refractivity (Wildman–Crippen MR) is 174 cm³/mol. The van der Waals surface area contributed by atoms with Gasteiger partial charge in [-0.1, -0.05) is 54.6 Å².